The van der Waals surface area contributed by atoms with Crippen molar-refractivity contribution in [1.82, 2.24) is 15.1 Å². The third-order valence-electron chi connectivity index (χ3n) is 2.62. The summed E-state index contributed by atoms with van der Waals surface area (Å²) < 4.78 is 6.55. The van der Waals surface area contributed by atoms with Crippen LogP contribution in [0.4, 0.5) is 0 Å². The lowest BCUT2D eigenvalue weighted by Gasteiger charge is -2.10. The molecule has 16 heavy (non-hydrogen) atoms. The van der Waals surface area contributed by atoms with Gasteiger partial charge in [-0.15, -0.1) is 0 Å². The summed E-state index contributed by atoms with van der Waals surface area (Å²) in [5.74, 6) is -0.252. The summed E-state index contributed by atoms with van der Waals surface area (Å²) >= 11 is 0. The first-order valence-corrected chi connectivity index (χ1v) is 5.45. The topological polar surface area (TPSA) is 56.2 Å². The maximum atomic E-state index is 11.3. The summed E-state index contributed by atoms with van der Waals surface area (Å²) in [7, 11) is 1.90. The molecule has 0 aliphatic heterocycles. The lowest BCUT2D eigenvalue weighted by Crippen LogP contribution is -2.17. The summed E-state index contributed by atoms with van der Waals surface area (Å²) in [4.78, 5) is 11.3. The SMILES string of the molecule is CCOC(=O)Cn1ncc(C(C)NC)c1C. The fourth-order valence-corrected chi connectivity index (χ4v) is 1.53. The van der Waals surface area contributed by atoms with Crippen molar-refractivity contribution < 1.29 is 9.53 Å². The molecule has 1 N–H and O–H groups in total. The number of esters is 1. The van der Waals surface area contributed by atoms with Crippen LogP contribution < -0.4 is 5.32 Å². The van der Waals surface area contributed by atoms with Crippen LogP contribution in [-0.2, 0) is 16.1 Å². The van der Waals surface area contributed by atoms with E-state index in [0.717, 1.165) is 11.3 Å². The predicted molar refractivity (Wildman–Crippen MR) is 61.1 cm³/mol. The molecule has 5 nitrogen and oxygen atoms in total. The first-order chi connectivity index (χ1) is 7.60. The summed E-state index contributed by atoms with van der Waals surface area (Å²) in [5.41, 5.74) is 2.10. The molecule has 0 aliphatic rings. The molecule has 0 bridgehead atoms. The summed E-state index contributed by atoms with van der Waals surface area (Å²) in [6.45, 7) is 6.38. The molecule has 0 saturated carbocycles. The van der Waals surface area contributed by atoms with Crippen LogP contribution in [0.2, 0.25) is 0 Å². The second-order valence-corrected chi connectivity index (χ2v) is 3.66. The second-order valence-electron chi connectivity index (χ2n) is 3.66. The van der Waals surface area contributed by atoms with Gasteiger partial charge >= 0.3 is 5.97 Å². The summed E-state index contributed by atoms with van der Waals surface area (Å²) in [6.07, 6.45) is 1.79. The Labute approximate surface area is 95.8 Å². The number of hydrogen-bond donors (Lipinski definition) is 1. The fourth-order valence-electron chi connectivity index (χ4n) is 1.53. The van der Waals surface area contributed by atoms with Gasteiger partial charge in [0.15, 0.2) is 0 Å². The average molecular weight is 225 g/mol. The fraction of sp³-hybridized carbons (Fsp3) is 0.636. The minimum atomic E-state index is -0.252. The molecule has 1 heterocycles. The number of nitrogens with one attached hydrogen (secondary N) is 1. The number of carbonyl (C=O) groups is 1. The van der Waals surface area contributed by atoms with Gasteiger partial charge in [0, 0.05) is 17.3 Å². The molecule has 0 spiro atoms. The molecule has 90 valence electrons. The van der Waals surface area contributed by atoms with Crippen LogP contribution in [0.1, 0.15) is 31.1 Å². The monoisotopic (exact) mass is 225 g/mol. The quantitative estimate of drug-likeness (QED) is 0.761. The van der Waals surface area contributed by atoms with Gasteiger partial charge in [-0.25, -0.2) is 0 Å². The van der Waals surface area contributed by atoms with Crippen molar-refractivity contribution in [3.8, 4) is 0 Å². The molecular formula is C11H19N3O2. The highest BCUT2D eigenvalue weighted by atomic mass is 16.5. The highest BCUT2D eigenvalue weighted by molar-refractivity contribution is 5.69. The molecule has 0 aromatic carbocycles. The van der Waals surface area contributed by atoms with Gasteiger partial charge in [-0.3, -0.25) is 9.48 Å². The first kappa shape index (κ1) is 12.7. The Morgan fingerprint density at radius 3 is 2.94 bits per heavy atom. The summed E-state index contributed by atoms with van der Waals surface area (Å²) in [6, 6.07) is 0.232. The van der Waals surface area contributed by atoms with Crippen molar-refractivity contribution in [1.29, 1.82) is 0 Å². The predicted octanol–water partition coefficient (Wildman–Crippen LogP) is 1.04. The third kappa shape index (κ3) is 2.82. The Kier molecular flexibility index (Phi) is 4.49. The van der Waals surface area contributed by atoms with Crippen LogP contribution in [0.5, 0.6) is 0 Å². The minimum Gasteiger partial charge on any atom is -0.465 e. The highest BCUT2D eigenvalue weighted by Gasteiger charge is 2.13. The zero-order valence-electron chi connectivity index (χ0n) is 10.3. The van der Waals surface area contributed by atoms with Crippen molar-refractivity contribution in [2.45, 2.75) is 33.4 Å². The van der Waals surface area contributed by atoms with Gasteiger partial charge in [-0.2, -0.15) is 5.10 Å². The minimum absolute atomic E-state index is 0.177. The number of carbonyl (C=O) groups excluding carboxylic acids is 1. The molecule has 0 amide bonds. The van der Waals surface area contributed by atoms with Crippen molar-refractivity contribution in [2.24, 2.45) is 0 Å². The standard InChI is InChI=1S/C11H19N3O2/c1-5-16-11(15)7-14-9(3)10(6-13-14)8(2)12-4/h6,8,12H,5,7H2,1-4H3. The molecule has 1 rings (SSSR count). The Morgan fingerprint density at radius 2 is 2.38 bits per heavy atom. The van der Waals surface area contributed by atoms with E-state index in [2.05, 4.69) is 17.3 Å². The van der Waals surface area contributed by atoms with Crippen LogP contribution >= 0.6 is 0 Å². The van der Waals surface area contributed by atoms with Gasteiger partial charge in [0.05, 0.1) is 12.8 Å². The molecule has 0 aliphatic carbocycles. The number of ether oxygens (including phenoxy) is 1. The van der Waals surface area contributed by atoms with Gasteiger partial charge < -0.3 is 10.1 Å². The van der Waals surface area contributed by atoms with E-state index in [1.807, 2.05) is 14.0 Å². The van der Waals surface area contributed by atoms with Crippen LogP contribution in [-0.4, -0.2) is 29.4 Å². The largest absolute Gasteiger partial charge is 0.465 e. The third-order valence-corrected chi connectivity index (χ3v) is 2.62. The zero-order valence-corrected chi connectivity index (χ0v) is 10.3. The smallest absolute Gasteiger partial charge is 0.327 e. The van der Waals surface area contributed by atoms with E-state index in [1.54, 1.807) is 17.8 Å². The molecule has 1 aromatic heterocycles. The second kappa shape index (κ2) is 5.65. The van der Waals surface area contributed by atoms with E-state index in [4.69, 9.17) is 4.74 Å². The summed E-state index contributed by atoms with van der Waals surface area (Å²) in [5, 5.41) is 7.33. The van der Waals surface area contributed by atoms with Crippen molar-refractivity contribution in [3.05, 3.63) is 17.5 Å². The van der Waals surface area contributed by atoms with E-state index in [0.29, 0.717) is 6.61 Å². The maximum absolute atomic E-state index is 11.3. The van der Waals surface area contributed by atoms with Gasteiger partial charge in [-0.1, -0.05) is 0 Å². The van der Waals surface area contributed by atoms with Gasteiger partial charge in [-0.05, 0) is 27.8 Å². The Bertz CT molecular complexity index is 360. The van der Waals surface area contributed by atoms with Crippen molar-refractivity contribution >= 4 is 5.97 Å². The van der Waals surface area contributed by atoms with E-state index < -0.39 is 0 Å². The molecule has 1 unspecified atom stereocenters. The van der Waals surface area contributed by atoms with E-state index in [-0.39, 0.29) is 18.6 Å². The lowest BCUT2D eigenvalue weighted by molar-refractivity contribution is -0.144. The number of aromatic nitrogens is 2. The number of rotatable bonds is 5. The Morgan fingerprint density at radius 1 is 1.69 bits per heavy atom. The molecule has 5 heteroatoms. The number of hydrogen-bond acceptors (Lipinski definition) is 4. The molecule has 0 saturated heterocycles. The molecule has 0 radical (unpaired) electrons. The van der Waals surface area contributed by atoms with Gasteiger partial charge in [0.25, 0.3) is 0 Å². The molecule has 1 atom stereocenters. The lowest BCUT2D eigenvalue weighted by atomic mass is 10.1. The Hall–Kier alpha value is -1.36. The van der Waals surface area contributed by atoms with Gasteiger partial charge in [0.2, 0.25) is 0 Å². The molecule has 0 fully saturated rings. The highest BCUT2D eigenvalue weighted by Crippen LogP contribution is 2.15. The van der Waals surface area contributed by atoms with Crippen LogP contribution in [0, 0.1) is 6.92 Å². The van der Waals surface area contributed by atoms with E-state index in [1.165, 1.54) is 0 Å². The maximum Gasteiger partial charge on any atom is 0.327 e. The van der Waals surface area contributed by atoms with Crippen molar-refractivity contribution in [3.63, 3.8) is 0 Å². The van der Waals surface area contributed by atoms with Crippen molar-refractivity contribution in [2.75, 3.05) is 13.7 Å². The van der Waals surface area contributed by atoms with Crippen LogP contribution in [0.3, 0.4) is 0 Å². The molecular weight excluding hydrogens is 206 g/mol. The Balaban J connectivity index is 2.76. The van der Waals surface area contributed by atoms with Crippen LogP contribution in [0.25, 0.3) is 0 Å². The van der Waals surface area contributed by atoms with E-state index >= 15 is 0 Å². The van der Waals surface area contributed by atoms with Gasteiger partial charge in [0.1, 0.15) is 6.54 Å². The van der Waals surface area contributed by atoms with E-state index in [9.17, 15) is 4.79 Å². The number of nitrogens with zero attached hydrogens (tertiary/aromatic N) is 2. The first-order valence-electron chi connectivity index (χ1n) is 5.45. The zero-order chi connectivity index (χ0) is 12.1. The van der Waals surface area contributed by atoms with Crippen LogP contribution in [0.15, 0.2) is 6.20 Å². The normalized spacial score (nSPS) is 12.5. The molecule has 1 aromatic rings. The average Bonchev–Trinajstić information content (AvgIpc) is 2.60.